The lowest BCUT2D eigenvalue weighted by molar-refractivity contribution is -1.04. The molecule has 3 nitrogen and oxygen atoms in total. The molecular formula is C12H26NO2+. The number of hydrogen-bond donors (Lipinski definition) is 2. The van der Waals surface area contributed by atoms with Gasteiger partial charge in [-0.15, -0.1) is 0 Å². The van der Waals surface area contributed by atoms with Crippen LogP contribution < -0.4 is 0 Å². The zero-order chi connectivity index (χ0) is 11.9. The van der Waals surface area contributed by atoms with Crippen LogP contribution in [0.2, 0.25) is 0 Å². The van der Waals surface area contributed by atoms with Crippen molar-refractivity contribution in [2.75, 3.05) is 14.1 Å². The molecule has 2 N–H and O–H groups in total. The number of nitrogens with zero attached hydrogens (tertiary/aromatic N) is 1. The van der Waals surface area contributed by atoms with Crippen molar-refractivity contribution in [2.45, 2.75) is 52.1 Å². The highest BCUT2D eigenvalue weighted by molar-refractivity contribution is 4.98. The van der Waals surface area contributed by atoms with Crippen LogP contribution in [0.1, 0.15) is 46.0 Å². The zero-order valence-electron chi connectivity index (χ0n) is 10.5. The van der Waals surface area contributed by atoms with Gasteiger partial charge in [-0.05, 0) is 12.8 Å². The van der Waals surface area contributed by atoms with E-state index in [9.17, 15) is 10.3 Å². The minimum absolute atomic E-state index is 0.142. The number of quaternary nitrogens is 1. The maximum atomic E-state index is 9.74. The van der Waals surface area contributed by atoms with E-state index in [1.165, 1.54) is 0 Å². The summed E-state index contributed by atoms with van der Waals surface area (Å²) in [5.74, 6) is 0. The molecule has 0 radical (unpaired) electrons. The maximum Gasteiger partial charge on any atom is 0.139 e. The van der Waals surface area contributed by atoms with E-state index in [1.54, 1.807) is 20.2 Å². The van der Waals surface area contributed by atoms with Crippen molar-refractivity contribution in [3.8, 4) is 0 Å². The summed E-state index contributed by atoms with van der Waals surface area (Å²) in [5.41, 5.74) is 0.923. The summed E-state index contributed by atoms with van der Waals surface area (Å²) >= 11 is 0. The molecule has 1 unspecified atom stereocenters. The van der Waals surface area contributed by atoms with E-state index in [0.29, 0.717) is 0 Å². The predicted octanol–water partition coefficient (Wildman–Crippen LogP) is 2.69. The van der Waals surface area contributed by atoms with Gasteiger partial charge in [0.15, 0.2) is 0 Å². The summed E-state index contributed by atoms with van der Waals surface area (Å²) in [6.07, 6.45) is 6.49. The zero-order valence-corrected chi connectivity index (χ0v) is 10.5. The van der Waals surface area contributed by atoms with Crippen molar-refractivity contribution in [3.05, 3.63) is 11.8 Å². The van der Waals surface area contributed by atoms with Crippen molar-refractivity contribution in [2.24, 2.45) is 0 Å². The van der Waals surface area contributed by atoms with Crippen LogP contribution >= 0.6 is 0 Å². The van der Waals surface area contributed by atoms with Gasteiger partial charge in [-0.2, -0.15) is 4.65 Å². The van der Waals surface area contributed by atoms with Crippen LogP contribution in [-0.2, 0) is 0 Å². The summed E-state index contributed by atoms with van der Waals surface area (Å²) in [4.78, 5) is 0. The molecule has 3 heteroatoms. The van der Waals surface area contributed by atoms with Crippen LogP contribution in [0, 0.1) is 0 Å². The van der Waals surface area contributed by atoms with Crippen molar-refractivity contribution in [1.82, 2.24) is 0 Å². The number of hydrogen-bond acceptors (Lipinski definition) is 2. The van der Waals surface area contributed by atoms with Gasteiger partial charge in [0.1, 0.15) is 19.8 Å². The van der Waals surface area contributed by atoms with Crippen molar-refractivity contribution >= 4 is 0 Å². The standard InChI is InChI=1S/C10H20NO2.C2H6/c1-11(2,13)9-6-4-3-5-7-10(12)8-9;1-2/h8,10,12-13H,3-7H2,1-2H3;1-2H3/q+1;/b9-8+;. The van der Waals surface area contributed by atoms with E-state index in [2.05, 4.69) is 0 Å². The lowest BCUT2D eigenvalue weighted by atomic mass is 10.0. The molecule has 0 aromatic heterocycles. The molecule has 1 aliphatic rings. The quantitative estimate of drug-likeness (QED) is 0.522. The molecular weight excluding hydrogens is 190 g/mol. The van der Waals surface area contributed by atoms with E-state index in [1.807, 2.05) is 13.8 Å². The number of hydroxylamine groups is 3. The van der Waals surface area contributed by atoms with Crippen LogP contribution in [0.5, 0.6) is 0 Å². The summed E-state index contributed by atoms with van der Waals surface area (Å²) < 4.78 is -0.142. The Morgan fingerprint density at radius 1 is 1.20 bits per heavy atom. The third kappa shape index (κ3) is 5.92. The molecule has 0 spiro atoms. The van der Waals surface area contributed by atoms with Crippen molar-refractivity contribution < 1.29 is 15.0 Å². The number of rotatable bonds is 1. The molecule has 0 fully saturated rings. The van der Waals surface area contributed by atoms with Gasteiger partial charge in [-0.1, -0.05) is 26.7 Å². The Hall–Kier alpha value is -0.380. The van der Waals surface area contributed by atoms with Crippen LogP contribution in [0.25, 0.3) is 0 Å². The maximum absolute atomic E-state index is 9.74. The summed E-state index contributed by atoms with van der Waals surface area (Å²) in [5, 5.41) is 19.3. The average molecular weight is 216 g/mol. The Morgan fingerprint density at radius 2 is 1.80 bits per heavy atom. The average Bonchev–Trinajstić information content (AvgIpc) is 2.12. The van der Waals surface area contributed by atoms with Gasteiger partial charge in [-0.3, -0.25) is 0 Å². The Balaban J connectivity index is 0.000000921. The normalized spacial score (nSPS) is 26.5. The molecule has 90 valence electrons. The molecule has 1 aliphatic carbocycles. The fourth-order valence-corrected chi connectivity index (χ4v) is 1.68. The minimum atomic E-state index is -0.375. The van der Waals surface area contributed by atoms with Gasteiger partial charge in [0.25, 0.3) is 0 Å². The molecule has 15 heavy (non-hydrogen) atoms. The Morgan fingerprint density at radius 3 is 2.33 bits per heavy atom. The van der Waals surface area contributed by atoms with Gasteiger partial charge in [-0.25, -0.2) is 5.21 Å². The van der Waals surface area contributed by atoms with Crippen LogP contribution in [-0.4, -0.2) is 35.2 Å². The molecule has 0 aliphatic heterocycles. The summed E-state index contributed by atoms with van der Waals surface area (Å²) in [6, 6.07) is 0. The number of aliphatic hydroxyl groups excluding tert-OH is 1. The van der Waals surface area contributed by atoms with E-state index < -0.39 is 0 Å². The second-order valence-electron chi connectivity index (χ2n) is 4.22. The second kappa shape index (κ2) is 6.99. The van der Waals surface area contributed by atoms with Gasteiger partial charge in [0.05, 0.1) is 6.10 Å². The molecule has 0 heterocycles. The third-order valence-corrected chi connectivity index (χ3v) is 2.52. The van der Waals surface area contributed by atoms with Gasteiger partial charge in [0.2, 0.25) is 0 Å². The van der Waals surface area contributed by atoms with Crippen molar-refractivity contribution in [1.29, 1.82) is 0 Å². The van der Waals surface area contributed by atoms with E-state index in [0.717, 1.165) is 37.8 Å². The Kier molecular flexibility index (Phi) is 6.81. The van der Waals surface area contributed by atoms with Gasteiger partial charge < -0.3 is 5.11 Å². The molecule has 0 saturated carbocycles. The lowest BCUT2D eigenvalue weighted by Crippen LogP contribution is -2.35. The predicted molar refractivity (Wildman–Crippen MR) is 62.4 cm³/mol. The largest absolute Gasteiger partial charge is 0.389 e. The van der Waals surface area contributed by atoms with Crippen LogP contribution in [0.3, 0.4) is 0 Å². The van der Waals surface area contributed by atoms with Crippen LogP contribution in [0.4, 0.5) is 0 Å². The van der Waals surface area contributed by atoms with E-state index in [-0.39, 0.29) is 10.8 Å². The minimum Gasteiger partial charge on any atom is -0.389 e. The Bertz CT molecular complexity index is 194. The lowest BCUT2D eigenvalue weighted by Gasteiger charge is -2.24. The highest BCUT2D eigenvalue weighted by Crippen LogP contribution is 2.21. The topological polar surface area (TPSA) is 40.5 Å². The van der Waals surface area contributed by atoms with Crippen molar-refractivity contribution in [3.63, 3.8) is 0 Å². The molecule has 1 rings (SSSR count). The summed E-state index contributed by atoms with van der Waals surface area (Å²) in [7, 11) is 3.44. The monoisotopic (exact) mass is 216 g/mol. The first-order valence-corrected chi connectivity index (χ1v) is 5.96. The van der Waals surface area contributed by atoms with Crippen LogP contribution in [0.15, 0.2) is 11.8 Å². The molecule has 0 saturated heterocycles. The molecule has 0 bridgehead atoms. The first-order valence-electron chi connectivity index (χ1n) is 5.96. The fourth-order valence-electron chi connectivity index (χ4n) is 1.68. The highest BCUT2D eigenvalue weighted by atomic mass is 16.5. The highest BCUT2D eigenvalue weighted by Gasteiger charge is 2.21. The third-order valence-electron chi connectivity index (χ3n) is 2.52. The molecule has 0 aromatic rings. The fraction of sp³-hybridized carbons (Fsp3) is 0.833. The number of allylic oxidation sites excluding steroid dienone is 1. The SMILES string of the molecule is CC.C[N+](C)(O)/C1=C/C(O)CCCCC1. The molecule has 0 aromatic carbocycles. The first kappa shape index (κ1) is 14.6. The molecule has 1 atom stereocenters. The molecule has 0 amide bonds. The first-order chi connectivity index (χ1) is 7.00. The Labute approximate surface area is 93.6 Å². The smallest absolute Gasteiger partial charge is 0.139 e. The second-order valence-corrected chi connectivity index (χ2v) is 4.22. The van der Waals surface area contributed by atoms with E-state index in [4.69, 9.17) is 0 Å². The van der Waals surface area contributed by atoms with Gasteiger partial charge >= 0.3 is 0 Å². The van der Waals surface area contributed by atoms with Gasteiger partial charge in [0, 0.05) is 12.5 Å². The number of aliphatic hydroxyl groups is 1. The summed E-state index contributed by atoms with van der Waals surface area (Å²) in [6.45, 7) is 4.00. The van der Waals surface area contributed by atoms with E-state index >= 15 is 0 Å².